The van der Waals surface area contributed by atoms with E-state index in [4.69, 9.17) is 5.73 Å². The van der Waals surface area contributed by atoms with Crippen molar-refractivity contribution in [2.75, 3.05) is 11.1 Å². The average Bonchev–Trinajstić information content (AvgIpc) is 2.63. The summed E-state index contributed by atoms with van der Waals surface area (Å²) in [4.78, 5) is 20.6. The Balaban J connectivity index is 1.87. The predicted octanol–water partition coefficient (Wildman–Crippen LogP) is 4.31. The molecule has 1 heterocycles. The van der Waals surface area contributed by atoms with Crippen LogP contribution in [0.25, 0.3) is 11.3 Å². The number of nitrogens with two attached hydrogens (primary N) is 1. The van der Waals surface area contributed by atoms with E-state index in [1.807, 2.05) is 6.92 Å². The highest BCUT2D eigenvalue weighted by Crippen LogP contribution is 2.29. The molecule has 0 aliphatic carbocycles. The molecule has 138 valence electrons. The first-order chi connectivity index (χ1) is 12.7. The maximum absolute atomic E-state index is 12.8. The number of rotatable bonds is 3. The van der Waals surface area contributed by atoms with Gasteiger partial charge in [0.15, 0.2) is 0 Å². The van der Waals surface area contributed by atoms with Crippen molar-refractivity contribution < 1.29 is 18.0 Å². The molecule has 2 aromatic carbocycles. The lowest BCUT2D eigenvalue weighted by Crippen LogP contribution is -2.16. The van der Waals surface area contributed by atoms with Crippen molar-refractivity contribution in [2.24, 2.45) is 0 Å². The summed E-state index contributed by atoms with van der Waals surface area (Å²) < 4.78 is 38.4. The van der Waals surface area contributed by atoms with Crippen LogP contribution in [-0.4, -0.2) is 15.9 Å². The van der Waals surface area contributed by atoms with Gasteiger partial charge in [0.25, 0.3) is 5.91 Å². The highest BCUT2D eigenvalue weighted by molar-refractivity contribution is 6.03. The van der Waals surface area contributed by atoms with E-state index in [1.54, 1.807) is 24.3 Å². The first-order valence-electron chi connectivity index (χ1n) is 7.92. The lowest BCUT2D eigenvalue weighted by molar-refractivity contribution is -0.137. The Bertz CT molecular complexity index is 985. The summed E-state index contributed by atoms with van der Waals surface area (Å²) in [6.45, 7) is 1.81. The zero-order chi connectivity index (χ0) is 19.6. The van der Waals surface area contributed by atoms with Crippen LogP contribution < -0.4 is 11.1 Å². The molecule has 0 saturated heterocycles. The van der Waals surface area contributed by atoms with Crippen molar-refractivity contribution in [2.45, 2.75) is 13.1 Å². The number of aryl methyl sites for hydroxylation is 1. The van der Waals surface area contributed by atoms with Gasteiger partial charge in [0.1, 0.15) is 0 Å². The summed E-state index contributed by atoms with van der Waals surface area (Å²) in [7, 11) is 0. The van der Waals surface area contributed by atoms with Gasteiger partial charge in [-0.1, -0.05) is 18.2 Å². The van der Waals surface area contributed by atoms with E-state index in [9.17, 15) is 18.0 Å². The first kappa shape index (κ1) is 18.4. The molecule has 0 radical (unpaired) electrons. The standard InChI is InChI=1S/C19H15F3N4O/c1-11-10-24-18(25-16(11)12-5-7-15(23)8-6-12)26-17(27)13-3-2-4-14(9-13)19(20,21)22/h2-10H,23H2,1H3,(H,24,25,26,27). The van der Waals surface area contributed by atoms with Gasteiger partial charge in [0.2, 0.25) is 5.95 Å². The number of benzene rings is 2. The topological polar surface area (TPSA) is 80.9 Å². The number of halogens is 3. The van der Waals surface area contributed by atoms with Crippen LogP contribution in [0.1, 0.15) is 21.5 Å². The number of nitrogens with one attached hydrogen (secondary N) is 1. The number of carbonyl (C=O) groups excluding carboxylic acids is 1. The van der Waals surface area contributed by atoms with Crippen LogP contribution in [0.4, 0.5) is 24.8 Å². The summed E-state index contributed by atoms with van der Waals surface area (Å²) in [5.41, 5.74) is 7.38. The number of nitrogens with zero attached hydrogens (tertiary/aromatic N) is 2. The van der Waals surface area contributed by atoms with E-state index < -0.39 is 17.6 Å². The van der Waals surface area contributed by atoms with E-state index in [2.05, 4.69) is 15.3 Å². The zero-order valence-corrected chi connectivity index (χ0v) is 14.2. The van der Waals surface area contributed by atoms with Crippen LogP contribution in [0, 0.1) is 6.92 Å². The lowest BCUT2D eigenvalue weighted by Gasteiger charge is -2.10. The Morgan fingerprint density at radius 3 is 2.48 bits per heavy atom. The van der Waals surface area contributed by atoms with Gasteiger partial charge in [0.05, 0.1) is 11.3 Å². The van der Waals surface area contributed by atoms with Crippen molar-refractivity contribution in [1.82, 2.24) is 9.97 Å². The largest absolute Gasteiger partial charge is 0.416 e. The molecule has 8 heteroatoms. The Kier molecular flexibility index (Phi) is 4.81. The minimum atomic E-state index is -4.53. The lowest BCUT2D eigenvalue weighted by atomic mass is 10.1. The molecule has 0 atom stereocenters. The van der Waals surface area contributed by atoms with Crippen molar-refractivity contribution in [3.8, 4) is 11.3 Å². The fourth-order valence-electron chi connectivity index (χ4n) is 2.45. The minimum absolute atomic E-state index is 0.00478. The van der Waals surface area contributed by atoms with Crippen LogP contribution >= 0.6 is 0 Å². The molecule has 1 amide bonds. The second-order valence-electron chi connectivity index (χ2n) is 5.88. The fraction of sp³-hybridized carbons (Fsp3) is 0.105. The summed E-state index contributed by atoms with van der Waals surface area (Å²) >= 11 is 0. The fourth-order valence-corrected chi connectivity index (χ4v) is 2.45. The Labute approximate surface area is 153 Å². The normalized spacial score (nSPS) is 11.3. The van der Waals surface area contributed by atoms with Crippen LogP contribution in [-0.2, 0) is 6.18 Å². The summed E-state index contributed by atoms with van der Waals surface area (Å²) in [6.07, 6.45) is -3.00. The van der Waals surface area contributed by atoms with Gasteiger partial charge in [-0.05, 0) is 42.8 Å². The van der Waals surface area contributed by atoms with E-state index >= 15 is 0 Å². The van der Waals surface area contributed by atoms with E-state index in [0.29, 0.717) is 11.4 Å². The predicted molar refractivity (Wildman–Crippen MR) is 96.0 cm³/mol. The zero-order valence-electron chi connectivity index (χ0n) is 14.2. The summed E-state index contributed by atoms with van der Waals surface area (Å²) in [5.74, 6) is -0.733. The molecule has 3 aromatic rings. The number of hydrogen-bond acceptors (Lipinski definition) is 4. The van der Waals surface area contributed by atoms with E-state index in [-0.39, 0.29) is 11.5 Å². The first-order valence-corrected chi connectivity index (χ1v) is 7.92. The van der Waals surface area contributed by atoms with Gasteiger partial charge in [-0.3, -0.25) is 10.1 Å². The maximum atomic E-state index is 12.8. The number of nitrogen functional groups attached to an aromatic ring is 1. The van der Waals surface area contributed by atoms with Crippen molar-refractivity contribution >= 4 is 17.5 Å². The molecule has 3 rings (SSSR count). The molecule has 0 aliphatic rings. The molecule has 0 saturated carbocycles. The van der Waals surface area contributed by atoms with E-state index in [0.717, 1.165) is 23.3 Å². The van der Waals surface area contributed by atoms with Crippen LogP contribution in [0.15, 0.2) is 54.7 Å². The Morgan fingerprint density at radius 1 is 1.11 bits per heavy atom. The highest BCUT2D eigenvalue weighted by Gasteiger charge is 2.30. The van der Waals surface area contributed by atoms with Gasteiger partial charge >= 0.3 is 6.18 Å². The number of hydrogen-bond donors (Lipinski definition) is 2. The third-order valence-electron chi connectivity index (χ3n) is 3.83. The third-order valence-corrected chi connectivity index (χ3v) is 3.83. The molecule has 0 bridgehead atoms. The van der Waals surface area contributed by atoms with Crippen LogP contribution in [0.3, 0.4) is 0 Å². The van der Waals surface area contributed by atoms with Gasteiger partial charge in [-0.25, -0.2) is 9.97 Å². The number of anilines is 2. The smallest absolute Gasteiger partial charge is 0.399 e. The molecular formula is C19H15F3N4O. The Morgan fingerprint density at radius 2 is 1.81 bits per heavy atom. The van der Waals surface area contributed by atoms with Gasteiger partial charge in [-0.15, -0.1) is 0 Å². The van der Waals surface area contributed by atoms with Crippen LogP contribution in [0.5, 0.6) is 0 Å². The molecule has 0 fully saturated rings. The second-order valence-corrected chi connectivity index (χ2v) is 5.88. The number of aromatic nitrogens is 2. The number of alkyl halides is 3. The minimum Gasteiger partial charge on any atom is -0.399 e. The third kappa shape index (κ3) is 4.22. The Hall–Kier alpha value is -3.42. The molecule has 0 aliphatic heterocycles. The number of amides is 1. The molecule has 3 N–H and O–H groups in total. The van der Waals surface area contributed by atoms with Crippen molar-refractivity contribution in [3.05, 3.63) is 71.4 Å². The molecular weight excluding hydrogens is 357 g/mol. The molecule has 5 nitrogen and oxygen atoms in total. The maximum Gasteiger partial charge on any atom is 0.416 e. The van der Waals surface area contributed by atoms with E-state index in [1.165, 1.54) is 18.3 Å². The van der Waals surface area contributed by atoms with Gasteiger partial charge in [-0.2, -0.15) is 13.2 Å². The molecule has 0 unspecified atom stereocenters. The quantitative estimate of drug-likeness (QED) is 0.672. The number of carbonyl (C=O) groups is 1. The monoisotopic (exact) mass is 372 g/mol. The molecule has 0 spiro atoms. The second kappa shape index (κ2) is 7.06. The summed E-state index contributed by atoms with van der Waals surface area (Å²) in [5, 5.41) is 2.43. The van der Waals surface area contributed by atoms with Crippen molar-refractivity contribution in [1.29, 1.82) is 0 Å². The molecule has 1 aromatic heterocycles. The SMILES string of the molecule is Cc1cnc(NC(=O)c2cccc(C(F)(F)F)c2)nc1-c1ccc(N)cc1. The average molecular weight is 372 g/mol. The van der Waals surface area contributed by atoms with Crippen molar-refractivity contribution in [3.63, 3.8) is 0 Å². The highest BCUT2D eigenvalue weighted by atomic mass is 19.4. The molecule has 27 heavy (non-hydrogen) atoms. The van der Waals surface area contributed by atoms with Crippen LogP contribution in [0.2, 0.25) is 0 Å². The van der Waals surface area contributed by atoms with Gasteiger partial charge < -0.3 is 5.73 Å². The summed E-state index contributed by atoms with van der Waals surface area (Å²) in [6, 6.07) is 11.2. The van der Waals surface area contributed by atoms with Gasteiger partial charge in [0, 0.05) is 23.0 Å².